The maximum Gasteiger partial charge on any atom is 0.0955 e. The number of anilines is 1. The summed E-state index contributed by atoms with van der Waals surface area (Å²) in [5.41, 5.74) is 3.25. The zero-order valence-electron chi connectivity index (χ0n) is 12.1. The van der Waals surface area contributed by atoms with Gasteiger partial charge in [0.25, 0.3) is 0 Å². The van der Waals surface area contributed by atoms with Crippen LogP contribution in [0.25, 0.3) is 0 Å². The molecule has 3 nitrogen and oxygen atoms in total. The first-order valence-corrected chi connectivity index (χ1v) is 8.69. The van der Waals surface area contributed by atoms with Crippen LogP contribution in [0.1, 0.15) is 27.2 Å². The molecule has 0 saturated heterocycles. The highest BCUT2D eigenvalue weighted by atomic mass is 35.5. The van der Waals surface area contributed by atoms with Crippen molar-refractivity contribution < 1.29 is 0 Å². The molecule has 0 bridgehead atoms. The summed E-state index contributed by atoms with van der Waals surface area (Å²) < 4.78 is 2.72. The minimum Gasteiger partial charge on any atom is -0.370 e. The second kappa shape index (κ2) is 5.83. The van der Waals surface area contributed by atoms with Crippen LogP contribution >= 0.6 is 34.3 Å². The van der Waals surface area contributed by atoms with Crippen LogP contribution in [0.2, 0.25) is 4.34 Å². The van der Waals surface area contributed by atoms with Gasteiger partial charge in [-0.2, -0.15) is 5.10 Å². The van der Waals surface area contributed by atoms with Crippen LogP contribution in [0.15, 0.2) is 29.6 Å². The third-order valence-electron chi connectivity index (χ3n) is 3.50. The monoisotopic (exact) mass is 337 g/mol. The molecule has 0 amide bonds. The zero-order chi connectivity index (χ0) is 15.0. The smallest absolute Gasteiger partial charge is 0.0955 e. The highest BCUT2D eigenvalue weighted by Gasteiger charge is 2.20. The molecular weight excluding hydrogens is 322 g/mol. The molecule has 6 heteroatoms. The third-order valence-corrected chi connectivity index (χ3v) is 5.74. The molecule has 0 spiro atoms. The Labute approximate surface area is 137 Å². The second-order valence-electron chi connectivity index (χ2n) is 4.90. The molecule has 1 unspecified atom stereocenters. The Balaban J connectivity index is 2.00. The van der Waals surface area contributed by atoms with E-state index in [9.17, 15) is 0 Å². The van der Waals surface area contributed by atoms with E-state index in [2.05, 4.69) is 40.9 Å². The number of hydrogen-bond donors (Lipinski definition) is 1. The lowest BCUT2D eigenvalue weighted by Crippen LogP contribution is -2.11. The number of nitrogens with zero attached hydrogens (tertiary/aromatic N) is 2. The Bertz CT molecular complexity index is 743. The van der Waals surface area contributed by atoms with E-state index < -0.39 is 0 Å². The van der Waals surface area contributed by atoms with Crippen LogP contribution in [0.3, 0.4) is 0 Å². The van der Waals surface area contributed by atoms with E-state index in [4.69, 9.17) is 11.6 Å². The minimum atomic E-state index is 0.115. The molecule has 0 fully saturated rings. The second-order valence-corrected chi connectivity index (χ2v) is 7.63. The van der Waals surface area contributed by atoms with E-state index in [0.717, 1.165) is 21.4 Å². The normalized spacial score (nSPS) is 12.6. The molecule has 0 aliphatic rings. The predicted octanol–water partition coefficient (Wildman–Crippen LogP) is 5.01. The van der Waals surface area contributed by atoms with Crippen LogP contribution in [0.4, 0.5) is 5.69 Å². The summed E-state index contributed by atoms with van der Waals surface area (Å²) in [5, 5.41) is 10.2. The van der Waals surface area contributed by atoms with Crippen LogP contribution in [0, 0.1) is 13.8 Å². The van der Waals surface area contributed by atoms with E-state index >= 15 is 0 Å². The Morgan fingerprint density at radius 3 is 2.57 bits per heavy atom. The van der Waals surface area contributed by atoms with Crippen molar-refractivity contribution in [3.63, 3.8) is 0 Å². The number of hydrogen-bond acceptors (Lipinski definition) is 4. The van der Waals surface area contributed by atoms with E-state index in [1.807, 2.05) is 24.7 Å². The summed E-state index contributed by atoms with van der Waals surface area (Å²) >= 11 is 9.47. The molecule has 0 aliphatic carbocycles. The first kappa shape index (κ1) is 14.6. The van der Waals surface area contributed by atoms with Gasteiger partial charge in [0.1, 0.15) is 0 Å². The summed E-state index contributed by atoms with van der Waals surface area (Å²) in [6, 6.07) is 8.38. The first-order valence-electron chi connectivity index (χ1n) is 6.61. The average molecular weight is 338 g/mol. The van der Waals surface area contributed by atoms with Gasteiger partial charge in [-0.3, -0.25) is 4.68 Å². The Hall–Kier alpha value is -1.30. The van der Waals surface area contributed by atoms with Crippen molar-refractivity contribution in [3.8, 4) is 0 Å². The molecule has 3 aromatic heterocycles. The molecule has 1 atom stereocenters. The molecule has 0 saturated carbocycles. The van der Waals surface area contributed by atoms with Crippen molar-refractivity contribution in [2.24, 2.45) is 7.05 Å². The molecule has 3 aromatic rings. The van der Waals surface area contributed by atoms with Gasteiger partial charge in [-0.05, 0) is 37.4 Å². The number of nitrogens with one attached hydrogen (secondary N) is 1. The van der Waals surface area contributed by atoms with Gasteiger partial charge < -0.3 is 5.32 Å². The minimum absolute atomic E-state index is 0.115. The molecule has 0 radical (unpaired) electrons. The molecule has 3 heterocycles. The van der Waals surface area contributed by atoms with Crippen molar-refractivity contribution in [3.05, 3.63) is 55.1 Å². The van der Waals surface area contributed by atoms with Crippen molar-refractivity contribution in [2.45, 2.75) is 19.9 Å². The van der Waals surface area contributed by atoms with Gasteiger partial charge in [-0.1, -0.05) is 17.7 Å². The lowest BCUT2D eigenvalue weighted by molar-refractivity contribution is 0.731. The quantitative estimate of drug-likeness (QED) is 0.724. The highest BCUT2D eigenvalue weighted by Crippen LogP contribution is 2.36. The topological polar surface area (TPSA) is 29.9 Å². The van der Waals surface area contributed by atoms with Gasteiger partial charge in [0.05, 0.1) is 27.5 Å². The summed E-state index contributed by atoms with van der Waals surface area (Å²) in [6.45, 7) is 4.11. The van der Waals surface area contributed by atoms with Crippen molar-refractivity contribution in [1.82, 2.24) is 9.78 Å². The van der Waals surface area contributed by atoms with Crippen LogP contribution in [0.5, 0.6) is 0 Å². The van der Waals surface area contributed by atoms with Gasteiger partial charge >= 0.3 is 0 Å². The predicted molar refractivity (Wildman–Crippen MR) is 91.8 cm³/mol. The Morgan fingerprint density at radius 2 is 2.05 bits per heavy atom. The number of halogens is 1. The molecule has 0 aliphatic heterocycles. The largest absolute Gasteiger partial charge is 0.370 e. The number of thiophene rings is 2. The maximum absolute atomic E-state index is 6.11. The Kier molecular flexibility index (Phi) is 4.06. The molecule has 3 rings (SSSR count). The first-order chi connectivity index (χ1) is 10.1. The summed E-state index contributed by atoms with van der Waals surface area (Å²) in [5.74, 6) is 0. The Morgan fingerprint density at radius 1 is 1.24 bits per heavy atom. The van der Waals surface area contributed by atoms with Crippen molar-refractivity contribution in [1.29, 1.82) is 0 Å². The fourth-order valence-electron chi connectivity index (χ4n) is 2.35. The third kappa shape index (κ3) is 2.86. The van der Waals surface area contributed by atoms with Gasteiger partial charge in [0.15, 0.2) is 0 Å². The van der Waals surface area contributed by atoms with Crippen LogP contribution in [-0.4, -0.2) is 9.78 Å². The van der Waals surface area contributed by atoms with E-state index in [0.29, 0.717) is 0 Å². The van der Waals surface area contributed by atoms with E-state index in [1.54, 1.807) is 22.7 Å². The number of rotatable bonds is 4. The van der Waals surface area contributed by atoms with Crippen LogP contribution in [-0.2, 0) is 7.05 Å². The molecule has 21 heavy (non-hydrogen) atoms. The molecule has 110 valence electrons. The van der Waals surface area contributed by atoms with Gasteiger partial charge in [-0.25, -0.2) is 0 Å². The average Bonchev–Trinajstić information content (AvgIpc) is 3.14. The number of aryl methyl sites for hydroxylation is 2. The van der Waals surface area contributed by atoms with Crippen molar-refractivity contribution in [2.75, 3.05) is 5.32 Å². The maximum atomic E-state index is 6.11. The summed E-state index contributed by atoms with van der Waals surface area (Å²) in [7, 11) is 1.97. The zero-order valence-corrected chi connectivity index (χ0v) is 14.4. The summed E-state index contributed by atoms with van der Waals surface area (Å²) in [4.78, 5) is 2.49. The molecule has 1 N–H and O–H groups in total. The van der Waals surface area contributed by atoms with Gasteiger partial charge in [0, 0.05) is 16.8 Å². The molecule has 0 aromatic carbocycles. The summed E-state index contributed by atoms with van der Waals surface area (Å²) in [6.07, 6.45) is 0. The van der Waals surface area contributed by atoms with Crippen LogP contribution < -0.4 is 5.32 Å². The lowest BCUT2D eigenvalue weighted by Gasteiger charge is -2.18. The molecular formula is C15H16ClN3S2. The standard InChI is InChI=1S/C15H16ClN3S2/c1-9-14(10(2)19(3)18-9)17-15(11-5-4-8-20-11)12-6-7-13(16)21-12/h4-8,15,17H,1-3H3. The van der Waals surface area contributed by atoms with E-state index in [-0.39, 0.29) is 6.04 Å². The number of aromatic nitrogens is 2. The lowest BCUT2D eigenvalue weighted by atomic mass is 10.1. The van der Waals surface area contributed by atoms with Crippen molar-refractivity contribution >= 4 is 40.0 Å². The fourth-order valence-corrected chi connectivity index (χ4v) is 4.35. The fraction of sp³-hybridized carbons (Fsp3) is 0.267. The highest BCUT2D eigenvalue weighted by molar-refractivity contribution is 7.16. The van der Waals surface area contributed by atoms with Gasteiger partial charge in [-0.15, -0.1) is 22.7 Å². The SMILES string of the molecule is Cc1nn(C)c(C)c1NC(c1cccs1)c1ccc(Cl)s1. The van der Waals surface area contributed by atoms with Gasteiger partial charge in [0.2, 0.25) is 0 Å². The van der Waals surface area contributed by atoms with E-state index in [1.165, 1.54) is 9.75 Å².